The first-order chi connectivity index (χ1) is 14.2. The van der Waals surface area contributed by atoms with Gasteiger partial charge in [0.15, 0.2) is 5.82 Å². The van der Waals surface area contributed by atoms with Crippen molar-refractivity contribution in [3.05, 3.63) is 90.1 Å². The van der Waals surface area contributed by atoms with Crippen molar-refractivity contribution in [2.45, 2.75) is 0 Å². The molecule has 0 fully saturated rings. The van der Waals surface area contributed by atoms with Gasteiger partial charge in [0.05, 0.1) is 16.9 Å². The SMILES string of the molecule is O=C(Nc1ccc(Oc2ccccc2Cl)cc1)Nc1cn(-c2ccccc2)nn1. The van der Waals surface area contributed by atoms with Crippen LogP contribution >= 0.6 is 11.6 Å². The Balaban J connectivity index is 1.35. The third-order valence-electron chi connectivity index (χ3n) is 3.93. The second-order valence-electron chi connectivity index (χ2n) is 6.02. The van der Waals surface area contributed by atoms with Crippen LogP contribution in [0.4, 0.5) is 16.3 Å². The first-order valence-corrected chi connectivity index (χ1v) is 9.13. The Morgan fingerprint density at radius 2 is 1.62 bits per heavy atom. The predicted molar refractivity (Wildman–Crippen MR) is 112 cm³/mol. The van der Waals surface area contributed by atoms with Crippen LogP contribution in [0.2, 0.25) is 5.02 Å². The summed E-state index contributed by atoms with van der Waals surface area (Å²) in [5.74, 6) is 1.51. The smallest absolute Gasteiger partial charge is 0.324 e. The molecule has 0 aliphatic rings. The van der Waals surface area contributed by atoms with Gasteiger partial charge in [0.1, 0.15) is 11.5 Å². The van der Waals surface area contributed by atoms with Gasteiger partial charge in [-0.3, -0.25) is 5.32 Å². The molecule has 8 heteroatoms. The fourth-order valence-corrected chi connectivity index (χ4v) is 2.74. The van der Waals surface area contributed by atoms with Crippen LogP contribution in [-0.2, 0) is 0 Å². The summed E-state index contributed by atoms with van der Waals surface area (Å²) in [5, 5.41) is 13.9. The molecule has 4 rings (SSSR count). The molecule has 144 valence electrons. The lowest BCUT2D eigenvalue weighted by molar-refractivity contribution is 0.262. The minimum absolute atomic E-state index is 0.338. The van der Waals surface area contributed by atoms with Crippen LogP contribution in [-0.4, -0.2) is 21.0 Å². The molecular formula is C21H16ClN5O2. The number of amides is 2. The van der Waals surface area contributed by atoms with E-state index in [9.17, 15) is 4.79 Å². The van der Waals surface area contributed by atoms with Crippen molar-refractivity contribution in [2.24, 2.45) is 0 Å². The minimum atomic E-state index is -0.426. The van der Waals surface area contributed by atoms with Crippen molar-refractivity contribution in [1.29, 1.82) is 0 Å². The number of halogens is 1. The van der Waals surface area contributed by atoms with E-state index in [1.807, 2.05) is 42.5 Å². The maximum Gasteiger partial charge on any atom is 0.324 e. The number of carbonyl (C=O) groups is 1. The van der Waals surface area contributed by atoms with Gasteiger partial charge in [0, 0.05) is 5.69 Å². The number of anilines is 2. The van der Waals surface area contributed by atoms with Crippen LogP contribution in [0.5, 0.6) is 11.5 Å². The quantitative estimate of drug-likeness (QED) is 0.468. The summed E-state index contributed by atoms with van der Waals surface area (Å²) in [4.78, 5) is 12.2. The van der Waals surface area contributed by atoms with Crippen LogP contribution in [0.3, 0.4) is 0 Å². The molecule has 3 aromatic carbocycles. The molecule has 4 aromatic rings. The van der Waals surface area contributed by atoms with E-state index in [1.54, 1.807) is 47.3 Å². The van der Waals surface area contributed by atoms with Crippen LogP contribution in [0.25, 0.3) is 5.69 Å². The Morgan fingerprint density at radius 3 is 2.38 bits per heavy atom. The Bertz CT molecular complexity index is 1110. The third kappa shape index (κ3) is 4.72. The lowest BCUT2D eigenvalue weighted by Crippen LogP contribution is -2.19. The Kier molecular flexibility index (Phi) is 5.40. The van der Waals surface area contributed by atoms with Crippen LogP contribution in [0.1, 0.15) is 0 Å². The van der Waals surface area contributed by atoms with Crippen molar-refractivity contribution >= 4 is 29.1 Å². The van der Waals surface area contributed by atoms with Crippen molar-refractivity contribution < 1.29 is 9.53 Å². The number of ether oxygens (including phenoxy) is 1. The summed E-state index contributed by atoms with van der Waals surface area (Å²) in [6.07, 6.45) is 1.63. The van der Waals surface area contributed by atoms with Gasteiger partial charge in [-0.05, 0) is 48.5 Å². The highest BCUT2D eigenvalue weighted by Crippen LogP contribution is 2.29. The van der Waals surface area contributed by atoms with Gasteiger partial charge >= 0.3 is 6.03 Å². The van der Waals surface area contributed by atoms with E-state index in [2.05, 4.69) is 20.9 Å². The maximum atomic E-state index is 12.2. The van der Waals surface area contributed by atoms with Crippen molar-refractivity contribution in [2.75, 3.05) is 10.6 Å². The molecule has 0 spiro atoms. The van der Waals surface area contributed by atoms with Crippen LogP contribution in [0, 0.1) is 0 Å². The summed E-state index contributed by atoms with van der Waals surface area (Å²) in [6.45, 7) is 0. The number of nitrogens with zero attached hydrogens (tertiary/aromatic N) is 3. The molecule has 0 radical (unpaired) electrons. The first-order valence-electron chi connectivity index (χ1n) is 8.75. The normalized spacial score (nSPS) is 10.4. The summed E-state index contributed by atoms with van der Waals surface area (Å²) in [7, 11) is 0. The molecule has 7 nitrogen and oxygen atoms in total. The topological polar surface area (TPSA) is 81.1 Å². The second-order valence-corrected chi connectivity index (χ2v) is 6.43. The zero-order valence-corrected chi connectivity index (χ0v) is 15.9. The van der Waals surface area contributed by atoms with Gasteiger partial charge in [-0.25, -0.2) is 9.48 Å². The molecule has 0 aliphatic heterocycles. The van der Waals surface area contributed by atoms with E-state index < -0.39 is 6.03 Å². The van der Waals surface area contributed by atoms with E-state index >= 15 is 0 Å². The highest BCUT2D eigenvalue weighted by molar-refractivity contribution is 6.32. The summed E-state index contributed by atoms with van der Waals surface area (Å²) in [5.41, 5.74) is 1.45. The molecule has 29 heavy (non-hydrogen) atoms. The molecular weight excluding hydrogens is 390 g/mol. The van der Waals surface area contributed by atoms with Crippen molar-refractivity contribution in [3.8, 4) is 17.2 Å². The lowest BCUT2D eigenvalue weighted by Gasteiger charge is -2.09. The molecule has 0 saturated carbocycles. The van der Waals surface area contributed by atoms with Gasteiger partial charge in [-0.2, -0.15) is 0 Å². The highest BCUT2D eigenvalue weighted by atomic mass is 35.5. The van der Waals surface area contributed by atoms with Gasteiger partial charge in [0.2, 0.25) is 0 Å². The predicted octanol–water partition coefficient (Wildman–Crippen LogP) is 5.36. The zero-order chi connectivity index (χ0) is 20.1. The summed E-state index contributed by atoms with van der Waals surface area (Å²) < 4.78 is 7.31. The number of hydrogen-bond donors (Lipinski definition) is 2. The number of aromatic nitrogens is 3. The van der Waals surface area contributed by atoms with Gasteiger partial charge < -0.3 is 10.1 Å². The molecule has 1 aromatic heterocycles. The molecule has 2 amide bonds. The monoisotopic (exact) mass is 405 g/mol. The molecule has 2 N–H and O–H groups in total. The number of hydrogen-bond acceptors (Lipinski definition) is 4. The molecule has 0 saturated heterocycles. The number of rotatable bonds is 5. The van der Waals surface area contributed by atoms with Crippen molar-refractivity contribution in [3.63, 3.8) is 0 Å². The zero-order valence-electron chi connectivity index (χ0n) is 15.1. The number of para-hydroxylation sites is 2. The molecule has 0 bridgehead atoms. The average Bonchev–Trinajstić information content (AvgIpc) is 3.20. The maximum absolute atomic E-state index is 12.2. The first kappa shape index (κ1) is 18.5. The Morgan fingerprint density at radius 1 is 0.897 bits per heavy atom. The second kappa shape index (κ2) is 8.45. The van der Waals surface area contributed by atoms with E-state index in [4.69, 9.17) is 16.3 Å². The highest BCUT2D eigenvalue weighted by Gasteiger charge is 2.08. The third-order valence-corrected chi connectivity index (χ3v) is 4.24. The molecule has 1 heterocycles. The number of benzene rings is 3. The number of urea groups is 1. The standard InChI is InChI=1S/C21H16ClN5O2/c22-18-8-4-5-9-19(18)29-17-12-10-15(11-13-17)23-21(28)24-20-14-27(26-25-20)16-6-2-1-3-7-16/h1-14H,(H2,23,24,28). The fourth-order valence-electron chi connectivity index (χ4n) is 2.57. The minimum Gasteiger partial charge on any atom is -0.456 e. The van der Waals surface area contributed by atoms with E-state index in [0.29, 0.717) is 28.0 Å². The Labute approximate surface area is 171 Å². The largest absolute Gasteiger partial charge is 0.456 e. The number of carbonyl (C=O) groups excluding carboxylic acids is 1. The fraction of sp³-hybridized carbons (Fsp3) is 0. The molecule has 0 aliphatic carbocycles. The van der Waals surface area contributed by atoms with E-state index in [0.717, 1.165) is 5.69 Å². The summed E-state index contributed by atoms with van der Waals surface area (Å²) >= 11 is 6.09. The lowest BCUT2D eigenvalue weighted by atomic mass is 10.3. The van der Waals surface area contributed by atoms with Gasteiger partial charge in [-0.1, -0.05) is 47.1 Å². The van der Waals surface area contributed by atoms with E-state index in [-0.39, 0.29) is 0 Å². The number of nitrogens with one attached hydrogen (secondary N) is 2. The van der Waals surface area contributed by atoms with Gasteiger partial charge in [0.25, 0.3) is 0 Å². The van der Waals surface area contributed by atoms with Gasteiger partial charge in [-0.15, -0.1) is 5.10 Å². The van der Waals surface area contributed by atoms with Crippen molar-refractivity contribution in [1.82, 2.24) is 15.0 Å². The van der Waals surface area contributed by atoms with Crippen LogP contribution in [0.15, 0.2) is 85.1 Å². The molecule has 0 atom stereocenters. The van der Waals surface area contributed by atoms with Crippen LogP contribution < -0.4 is 15.4 Å². The summed E-state index contributed by atoms with van der Waals surface area (Å²) in [6, 6.07) is 23.2. The Hall–Kier alpha value is -3.84. The van der Waals surface area contributed by atoms with E-state index in [1.165, 1.54) is 0 Å². The average molecular weight is 406 g/mol. The molecule has 0 unspecified atom stereocenters.